The smallest absolute Gasteiger partial charge is 0.317 e. The number of nitrogens with zero attached hydrogens (tertiary/aromatic N) is 3. The maximum atomic E-state index is 11.9. The first-order valence-corrected chi connectivity index (χ1v) is 5.85. The zero-order chi connectivity index (χ0) is 14.0. The number of aromatic nitrogens is 2. The van der Waals surface area contributed by atoms with Crippen LogP contribution in [-0.4, -0.2) is 39.0 Å². The van der Waals surface area contributed by atoms with Crippen molar-refractivity contribution in [3.05, 3.63) is 46.0 Å². The van der Waals surface area contributed by atoms with E-state index >= 15 is 0 Å². The lowest BCUT2D eigenvalue weighted by molar-refractivity contribution is -0.138. The highest BCUT2D eigenvalue weighted by Gasteiger charge is 2.09. The monoisotopic (exact) mass is 261 g/mol. The molecule has 0 radical (unpaired) electrons. The Labute approximate surface area is 109 Å². The molecule has 0 bridgehead atoms. The predicted octanol–water partition coefficient (Wildman–Crippen LogP) is 0.519. The van der Waals surface area contributed by atoms with Crippen LogP contribution in [0.25, 0.3) is 5.65 Å². The Balaban J connectivity index is 2.38. The summed E-state index contributed by atoms with van der Waals surface area (Å²) in [4.78, 5) is 28.6. The van der Waals surface area contributed by atoms with E-state index in [0.29, 0.717) is 17.9 Å². The predicted molar refractivity (Wildman–Crippen MR) is 70.2 cm³/mol. The Morgan fingerprint density at radius 3 is 2.95 bits per heavy atom. The molecule has 0 aliphatic rings. The number of fused-ring (bicyclic) bond motifs is 1. The van der Waals surface area contributed by atoms with Gasteiger partial charge in [-0.1, -0.05) is 6.07 Å². The van der Waals surface area contributed by atoms with Crippen LogP contribution in [-0.2, 0) is 11.3 Å². The molecule has 0 unspecified atom stereocenters. The van der Waals surface area contributed by atoms with Crippen LogP contribution in [0.15, 0.2) is 29.2 Å². The molecule has 6 heteroatoms. The number of aryl methyl sites for hydroxylation is 1. The second-order valence-corrected chi connectivity index (χ2v) is 4.54. The molecule has 0 aliphatic heterocycles. The fourth-order valence-corrected chi connectivity index (χ4v) is 1.95. The number of carbonyl (C=O) groups is 1. The fourth-order valence-electron chi connectivity index (χ4n) is 1.95. The highest BCUT2D eigenvalue weighted by atomic mass is 16.4. The van der Waals surface area contributed by atoms with Gasteiger partial charge in [-0.3, -0.25) is 18.9 Å². The molecule has 2 aromatic heterocycles. The van der Waals surface area contributed by atoms with E-state index in [1.165, 1.54) is 10.5 Å². The Morgan fingerprint density at radius 1 is 1.53 bits per heavy atom. The van der Waals surface area contributed by atoms with Crippen molar-refractivity contribution in [2.45, 2.75) is 13.5 Å². The SMILES string of the molecule is Cc1cccn2c(=O)cc(CN(C)CC(=O)O)nc12. The molecule has 6 nitrogen and oxygen atoms in total. The molecule has 0 fully saturated rings. The molecule has 19 heavy (non-hydrogen) atoms. The second-order valence-electron chi connectivity index (χ2n) is 4.54. The number of hydrogen-bond acceptors (Lipinski definition) is 4. The number of likely N-dealkylation sites (N-methyl/N-ethyl adjacent to an activating group) is 1. The number of carboxylic acids is 1. The molecule has 1 N–H and O–H groups in total. The van der Waals surface area contributed by atoms with E-state index in [4.69, 9.17) is 5.11 Å². The molecule has 2 rings (SSSR count). The van der Waals surface area contributed by atoms with Crippen molar-refractivity contribution < 1.29 is 9.90 Å². The average Bonchev–Trinajstić information content (AvgIpc) is 2.29. The maximum Gasteiger partial charge on any atom is 0.317 e. The summed E-state index contributed by atoms with van der Waals surface area (Å²) in [5, 5.41) is 8.70. The minimum atomic E-state index is -0.906. The van der Waals surface area contributed by atoms with E-state index in [-0.39, 0.29) is 12.1 Å². The number of hydrogen-bond donors (Lipinski definition) is 1. The van der Waals surface area contributed by atoms with E-state index in [2.05, 4.69) is 4.98 Å². The van der Waals surface area contributed by atoms with Crippen LogP contribution in [0.2, 0.25) is 0 Å². The highest BCUT2D eigenvalue weighted by Crippen LogP contribution is 2.06. The fraction of sp³-hybridized carbons (Fsp3) is 0.308. The van der Waals surface area contributed by atoms with Gasteiger partial charge in [-0.25, -0.2) is 4.98 Å². The zero-order valence-electron chi connectivity index (χ0n) is 10.8. The van der Waals surface area contributed by atoms with Gasteiger partial charge in [0.05, 0.1) is 12.2 Å². The Morgan fingerprint density at radius 2 is 2.26 bits per heavy atom. The Bertz CT molecular complexity index is 678. The van der Waals surface area contributed by atoms with Crippen LogP contribution in [0.3, 0.4) is 0 Å². The third-order valence-corrected chi connectivity index (χ3v) is 2.78. The molecule has 0 aromatic carbocycles. The third-order valence-electron chi connectivity index (χ3n) is 2.78. The molecular weight excluding hydrogens is 246 g/mol. The number of rotatable bonds is 4. The molecule has 100 valence electrons. The first-order chi connectivity index (χ1) is 8.97. The van der Waals surface area contributed by atoms with Crippen LogP contribution < -0.4 is 5.56 Å². The van der Waals surface area contributed by atoms with Gasteiger partial charge in [-0.05, 0) is 25.6 Å². The van der Waals surface area contributed by atoms with Gasteiger partial charge in [0.2, 0.25) is 0 Å². The minimum Gasteiger partial charge on any atom is -0.480 e. The minimum absolute atomic E-state index is 0.0885. The Kier molecular flexibility index (Phi) is 3.62. The molecule has 0 saturated carbocycles. The summed E-state index contributed by atoms with van der Waals surface area (Å²) in [5.74, 6) is -0.906. The molecule has 0 amide bonds. The number of pyridine rings is 1. The van der Waals surface area contributed by atoms with Crippen LogP contribution in [0.4, 0.5) is 0 Å². The highest BCUT2D eigenvalue weighted by molar-refractivity contribution is 5.69. The normalized spacial score (nSPS) is 11.1. The summed E-state index contributed by atoms with van der Waals surface area (Å²) < 4.78 is 1.48. The van der Waals surface area contributed by atoms with Gasteiger partial charge < -0.3 is 5.11 Å². The van der Waals surface area contributed by atoms with Gasteiger partial charge in [0.25, 0.3) is 5.56 Å². The lowest BCUT2D eigenvalue weighted by Crippen LogP contribution is -2.27. The molecule has 0 spiro atoms. The van der Waals surface area contributed by atoms with Crippen molar-refractivity contribution in [3.63, 3.8) is 0 Å². The van der Waals surface area contributed by atoms with Gasteiger partial charge in [0, 0.05) is 18.8 Å². The van der Waals surface area contributed by atoms with Crippen LogP contribution in [0, 0.1) is 6.92 Å². The van der Waals surface area contributed by atoms with E-state index in [0.717, 1.165) is 5.56 Å². The van der Waals surface area contributed by atoms with Crippen molar-refractivity contribution >= 4 is 11.6 Å². The third kappa shape index (κ3) is 2.97. The second kappa shape index (κ2) is 5.19. The van der Waals surface area contributed by atoms with Gasteiger partial charge in [0.1, 0.15) is 5.65 Å². The molecular formula is C13H15N3O3. The van der Waals surface area contributed by atoms with Crippen LogP contribution >= 0.6 is 0 Å². The van der Waals surface area contributed by atoms with E-state index in [9.17, 15) is 9.59 Å². The van der Waals surface area contributed by atoms with Crippen molar-refractivity contribution in [1.82, 2.24) is 14.3 Å². The van der Waals surface area contributed by atoms with Gasteiger partial charge in [-0.2, -0.15) is 0 Å². The molecule has 0 saturated heterocycles. The molecule has 2 aromatic rings. The van der Waals surface area contributed by atoms with Crippen molar-refractivity contribution in [1.29, 1.82) is 0 Å². The van der Waals surface area contributed by atoms with Crippen LogP contribution in [0.1, 0.15) is 11.3 Å². The van der Waals surface area contributed by atoms with E-state index in [1.54, 1.807) is 24.2 Å². The lowest BCUT2D eigenvalue weighted by Gasteiger charge is -2.13. The molecule has 0 atom stereocenters. The summed E-state index contributed by atoms with van der Waals surface area (Å²) in [6.07, 6.45) is 1.67. The first-order valence-electron chi connectivity index (χ1n) is 5.85. The topological polar surface area (TPSA) is 74.9 Å². The summed E-state index contributed by atoms with van der Waals surface area (Å²) in [6.45, 7) is 2.12. The number of aliphatic carboxylic acids is 1. The first kappa shape index (κ1) is 13.2. The van der Waals surface area contributed by atoms with E-state index < -0.39 is 5.97 Å². The van der Waals surface area contributed by atoms with E-state index in [1.807, 2.05) is 13.0 Å². The largest absolute Gasteiger partial charge is 0.480 e. The van der Waals surface area contributed by atoms with Gasteiger partial charge in [0.15, 0.2) is 0 Å². The van der Waals surface area contributed by atoms with Crippen molar-refractivity contribution in [2.24, 2.45) is 0 Å². The molecule has 2 heterocycles. The zero-order valence-corrected chi connectivity index (χ0v) is 10.8. The standard InChI is InChI=1S/C13H15N3O3/c1-9-4-3-5-16-11(17)6-10(14-13(9)16)7-15(2)8-12(18)19/h3-6H,7-8H2,1-2H3,(H,18,19). The summed E-state index contributed by atoms with van der Waals surface area (Å²) in [7, 11) is 1.68. The average molecular weight is 261 g/mol. The summed E-state index contributed by atoms with van der Waals surface area (Å²) in [6, 6.07) is 5.11. The Hall–Kier alpha value is -2.21. The number of carboxylic acid groups (broad SMARTS) is 1. The summed E-state index contributed by atoms with van der Waals surface area (Å²) >= 11 is 0. The van der Waals surface area contributed by atoms with Crippen LogP contribution in [0.5, 0.6) is 0 Å². The van der Waals surface area contributed by atoms with Crippen molar-refractivity contribution in [2.75, 3.05) is 13.6 Å². The van der Waals surface area contributed by atoms with Crippen molar-refractivity contribution in [3.8, 4) is 0 Å². The van der Waals surface area contributed by atoms with Gasteiger partial charge in [-0.15, -0.1) is 0 Å². The lowest BCUT2D eigenvalue weighted by atomic mass is 10.3. The van der Waals surface area contributed by atoms with Gasteiger partial charge >= 0.3 is 5.97 Å². The summed E-state index contributed by atoms with van der Waals surface area (Å²) in [5.41, 5.74) is 1.92. The quantitative estimate of drug-likeness (QED) is 0.868. The maximum absolute atomic E-state index is 11.9. The molecule has 0 aliphatic carbocycles.